The highest BCUT2D eigenvalue weighted by Gasteiger charge is 2.28. The van der Waals surface area contributed by atoms with Crippen LogP contribution in [0.1, 0.15) is 44.2 Å². The second kappa shape index (κ2) is 4.94. The number of aliphatic hydroxyl groups excluding tert-OH is 1. The van der Waals surface area contributed by atoms with Gasteiger partial charge in [0.2, 0.25) is 0 Å². The summed E-state index contributed by atoms with van der Waals surface area (Å²) in [4.78, 5) is 8.09. The molecule has 0 atom stereocenters. The third-order valence-corrected chi connectivity index (χ3v) is 4.56. The van der Waals surface area contributed by atoms with E-state index in [2.05, 4.69) is 30.7 Å². The molecule has 2 rings (SSSR count). The molecule has 96 valence electrons. The standard InChI is InChI=1S/C13H22N2OS/c1-4-10-11(8-16)17-12(14-10)15-7-5-6-13(2,3)9-15/h16H,4-9H2,1-3H3. The van der Waals surface area contributed by atoms with Gasteiger partial charge in [0, 0.05) is 13.1 Å². The van der Waals surface area contributed by atoms with E-state index in [1.165, 1.54) is 12.8 Å². The average Bonchev–Trinajstić information content (AvgIpc) is 2.70. The van der Waals surface area contributed by atoms with Crippen LogP contribution >= 0.6 is 11.3 Å². The summed E-state index contributed by atoms with van der Waals surface area (Å²) in [5.41, 5.74) is 1.45. The monoisotopic (exact) mass is 254 g/mol. The van der Waals surface area contributed by atoms with Crippen LogP contribution in [0.15, 0.2) is 0 Å². The van der Waals surface area contributed by atoms with Crippen molar-refractivity contribution in [1.29, 1.82) is 0 Å². The smallest absolute Gasteiger partial charge is 0.185 e. The molecule has 0 bridgehead atoms. The van der Waals surface area contributed by atoms with Crippen LogP contribution in [-0.4, -0.2) is 23.2 Å². The van der Waals surface area contributed by atoms with Crippen molar-refractivity contribution in [1.82, 2.24) is 4.98 Å². The number of nitrogens with zero attached hydrogens (tertiary/aromatic N) is 2. The van der Waals surface area contributed by atoms with E-state index in [0.717, 1.165) is 35.2 Å². The zero-order chi connectivity index (χ0) is 12.5. The van der Waals surface area contributed by atoms with Gasteiger partial charge < -0.3 is 10.0 Å². The van der Waals surface area contributed by atoms with Gasteiger partial charge >= 0.3 is 0 Å². The Morgan fingerprint density at radius 2 is 2.24 bits per heavy atom. The average molecular weight is 254 g/mol. The first-order chi connectivity index (χ1) is 8.05. The highest BCUT2D eigenvalue weighted by Crippen LogP contribution is 2.34. The van der Waals surface area contributed by atoms with Crippen LogP contribution < -0.4 is 4.90 Å². The zero-order valence-electron chi connectivity index (χ0n) is 11.0. The van der Waals surface area contributed by atoms with Gasteiger partial charge in [0.05, 0.1) is 17.2 Å². The summed E-state index contributed by atoms with van der Waals surface area (Å²) in [6.07, 6.45) is 3.44. The van der Waals surface area contributed by atoms with Crippen molar-refractivity contribution < 1.29 is 5.11 Å². The van der Waals surface area contributed by atoms with Gasteiger partial charge in [-0.25, -0.2) is 4.98 Å². The molecule has 17 heavy (non-hydrogen) atoms. The first kappa shape index (κ1) is 12.8. The Labute approximate surface area is 107 Å². The van der Waals surface area contributed by atoms with Gasteiger partial charge in [0.1, 0.15) is 0 Å². The third kappa shape index (κ3) is 2.80. The molecule has 1 aliphatic heterocycles. The Morgan fingerprint density at radius 1 is 1.47 bits per heavy atom. The molecule has 1 saturated heterocycles. The van der Waals surface area contributed by atoms with Crippen molar-refractivity contribution in [3.63, 3.8) is 0 Å². The molecule has 0 spiro atoms. The molecule has 0 saturated carbocycles. The molecule has 3 nitrogen and oxygen atoms in total. The van der Waals surface area contributed by atoms with E-state index in [1.54, 1.807) is 11.3 Å². The lowest BCUT2D eigenvalue weighted by molar-refractivity contribution is 0.284. The Hall–Kier alpha value is -0.610. The van der Waals surface area contributed by atoms with Crippen molar-refractivity contribution in [2.24, 2.45) is 5.41 Å². The van der Waals surface area contributed by atoms with Crippen LogP contribution in [0, 0.1) is 5.41 Å². The maximum Gasteiger partial charge on any atom is 0.185 e. The summed E-state index contributed by atoms with van der Waals surface area (Å²) in [7, 11) is 0. The van der Waals surface area contributed by atoms with Gasteiger partial charge in [-0.1, -0.05) is 32.1 Å². The molecule has 1 aromatic rings. The molecule has 0 radical (unpaired) electrons. The molecule has 1 aromatic heterocycles. The van der Waals surface area contributed by atoms with E-state index in [0.29, 0.717) is 5.41 Å². The minimum atomic E-state index is 0.123. The van der Waals surface area contributed by atoms with Crippen molar-refractivity contribution in [3.05, 3.63) is 10.6 Å². The van der Waals surface area contributed by atoms with Crippen LogP contribution in [0.25, 0.3) is 0 Å². The van der Waals surface area contributed by atoms with Crippen LogP contribution in [0.2, 0.25) is 0 Å². The summed E-state index contributed by atoms with van der Waals surface area (Å²) in [5, 5.41) is 10.4. The summed E-state index contributed by atoms with van der Waals surface area (Å²) < 4.78 is 0. The number of aromatic nitrogens is 1. The first-order valence-electron chi connectivity index (χ1n) is 6.40. The first-order valence-corrected chi connectivity index (χ1v) is 7.22. The van der Waals surface area contributed by atoms with Gasteiger partial charge in [0.25, 0.3) is 0 Å². The van der Waals surface area contributed by atoms with E-state index in [4.69, 9.17) is 0 Å². The van der Waals surface area contributed by atoms with Gasteiger partial charge in [-0.05, 0) is 24.7 Å². The van der Waals surface area contributed by atoms with E-state index in [-0.39, 0.29) is 6.61 Å². The minimum Gasteiger partial charge on any atom is -0.391 e. The maximum atomic E-state index is 9.32. The summed E-state index contributed by atoms with van der Waals surface area (Å²) in [6, 6.07) is 0. The number of aryl methyl sites for hydroxylation is 1. The number of piperidine rings is 1. The predicted octanol–water partition coefficient (Wildman–Crippen LogP) is 2.82. The highest BCUT2D eigenvalue weighted by atomic mass is 32.1. The second-order valence-electron chi connectivity index (χ2n) is 5.57. The molecule has 0 aliphatic carbocycles. The number of anilines is 1. The van der Waals surface area contributed by atoms with Crippen molar-refractivity contribution in [3.8, 4) is 0 Å². The Morgan fingerprint density at radius 3 is 2.76 bits per heavy atom. The lowest BCUT2D eigenvalue weighted by Crippen LogP contribution is -2.40. The van der Waals surface area contributed by atoms with E-state index in [9.17, 15) is 5.11 Å². The molecular weight excluding hydrogens is 232 g/mol. The van der Waals surface area contributed by atoms with Crippen LogP contribution in [0.3, 0.4) is 0 Å². The Balaban J connectivity index is 2.19. The van der Waals surface area contributed by atoms with Crippen LogP contribution in [0.5, 0.6) is 0 Å². The quantitative estimate of drug-likeness (QED) is 0.901. The number of aliphatic hydroxyl groups is 1. The van der Waals surface area contributed by atoms with Crippen LogP contribution in [0.4, 0.5) is 5.13 Å². The molecule has 0 unspecified atom stereocenters. The molecule has 1 N–H and O–H groups in total. The van der Waals surface area contributed by atoms with Crippen molar-refractivity contribution in [2.75, 3.05) is 18.0 Å². The molecule has 0 amide bonds. The van der Waals surface area contributed by atoms with Gasteiger partial charge in [-0.2, -0.15) is 0 Å². The van der Waals surface area contributed by atoms with Gasteiger partial charge in [-0.3, -0.25) is 0 Å². The Bertz CT molecular complexity index is 365. The SMILES string of the molecule is CCc1nc(N2CCCC(C)(C)C2)sc1CO. The second-order valence-corrected chi connectivity index (χ2v) is 6.63. The zero-order valence-corrected chi connectivity index (χ0v) is 11.8. The number of hydrogen-bond donors (Lipinski definition) is 1. The van der Waals surface area contributed by atoms with E-state index >= 15 is 0 Å². The number of thiazole rings is 1. The topological polar surface area (TPSA) is 36.4 Å². The summed E-state index contributed by atoms with van der Waals surface area (Å²) >= 11 is 1.66. The summed E-state index contributed by atoms with van der Waals surface area (Å²) in [6.45, 7) is 9.04. The highest BCUT2D eigenvalue weighted by molar-refractivity contribution is 7.15. The minimum absolute atomic E-state index is 0.123. The molecular formula is C13H22N2OS. The largest absolute Gasteiger partial charge is 0.391 e. The van der Waals surface area contributed by atoms with Gasteiger partial charge in [0.15, 0.2) is 5.13 Å². The van der Waals surface area contributed by atoms with Gasteiger partial charge in [-0.15, -0.1) is 0 Å². The lowest BCUT2D eigenvalue weighted by Gasteiger charge is -2.37. The fourth-order valence-electron chi connectivity index (χ4n) is 2.49. The fourth-order valence-corrected chi connectivity index (χ4v) is 3.52. The molecule has 2 heterocycles. The lowest BCUT2D eigenvalue weighted by atomic mass is 9.84. The fraction of sp³-hybridized carbons (Fsp3) is 0.769. The van der Waals surface area contributed by atoms with Crippen molar-refractivity contribution in [2.45, 2.75) is 46.6 Å². The van der Waals surface area contributed by atoms with E-state index in [1.807, 2.05) is 0 Å². The maximum absolute atomic E-state index is 9.32. The van der Waals surface area contributed by atoms with Crippen LogP contribution in [-0.2, 0) is 13.0 Å². The molecule has 0 aromatic carbocycles. The molecule has 1 aliphatic rings. The van der Waals surface area contributed by atoms with Crippen molar-refractivity contribution >= 4 is 16.5 Å². The normalized spacial score (nSPS) is 19.6. The summed E-state index contributed by atoms with van der Waals surface area (Å²) in [5.74, 6) is 0. The molecule has 1 fully saturated rings. The Kier molecular flexibility index (Phi) is 3.73. The number of rotatable bonds is 3. The third-order valence-electron chi connectivity index (χ3n) is 3.42. The molecule has 4 heteroatoms. The van der Waals surface area contributed by atoms with E-state index < -0.39 is 0 Å². The number of hydrogen-bond acceptors (Lipinski definition) is 4. The predicted molar refractivity (Wildman–Crippen MR) is 72.6 cm³/mol.